The fourth-order valence-electron chi connectivity index (χ4n) is 1.46. The zero-order chi connectivity index (χ0) is 13.9. The van der Waals surface area contributed by atoms with Gasteiger partial charge in [0.25, 0.3) is 0 Å². The Morgan fingerprint density at radius 1 is 1.42 bits per heavy atom. The van der Waals surface area contributed by atoms with E-state index < -0.39 is 24.3 Å². The zero-order valence-corrected chi connectivity index (χ0v) is 12.3. The van der Waals surface area contributed by atoms with Crippen molar-refractivity contribution in [2.75, 3.05) is 0 Å². The Hall–Kier alpha value is -0.500. The molecule has 0 saturated carbocycles. The van der Waals surface area contributed by atoms with Crippen LogP contribution in [0.15, 0.2) is 22.7 Å². The first-order valence-corrected chi connectivity index (χ1v) is 6.02. The summed E-state index contributed by atoms with van der Waals surface area (Å²) in [7, 11) is 0. The fraction of sp³-hybridized carbons (Fsp3) is 0.455. The summed E-state index contributed by atoms with van der Waals surface area (Å²) in [6.07, 6.45) is -5.40. The number of rotatable bonds is 4. The van der Waals surface area contributed by atoms with E-state index >= 15 is 0 Å². The molecule has 0 heterocycles. The van der Waals surface area contributed by atoms with Gasteiger partial charge in [-0.15, -0.1) is 25.6 Å². The zero-order valence-electron chi connectivity index (χ0n) is 9.95. The predicted molar refractivity (Wildman–Crippen MR) is 71.3 cm³/mol. The van der Waals surface area contributed by atoms with Gasteiger partial charge >= 0.3 is 6.36 Å². The standard InChI is InChI=1S/C11H13BrF3NO2.ClH/c1-2-8(17)10(16)7-5-6(12)3-4-9(7)18-11(13,14)15;/h3-5,8,10,17H,2,16H2,1H3;1H/t8-,10+;/m0./s1. The molecule has 0 spiro atoms. The number of benzene rings is 1. The summed E-state index contributed by atoms with van der Waals surface area (Å²) in [5, 5.41) is 9.62. The van der Waals surface area contributed by atoms with Gasteiger partial charge in [-0.3, -0.25) is 0 Å². The molecule has 2 atom stereocenters. The van der Waals surface area contributed by atoms with Crippen LogP contribution in [0.1, 0.15) is 24.9 Å². The molecule has 19 heavy (non-hydrogen) atoms. The van der Waals surface area contributed by atoms with Gasteiger partial charge < -0.3 is 15.6 Å². The molecule has 3 nitrogen and oxygen atoms in total. The second-order valence-corrected chi connectivity index (χ2v) is 4.65. The Morgan fingerprint density at radius 2 is 2.00 bits per heavy atom. The highest BCUT2D eigenvalue weighted by Crippen LogP contribution is 2.33. The maximum Gasteiger partial charge on any atom is 0.573 e. The van der Waals surface area contributed by atoms with Crippen molar-refractivity contribution < 1.29 is 23.0 Å². The summed E-state index contributed by atoms with van der Waals surface area (Å²) in [5.74, 6) is -0.397. The molecule has 8 heteroatoms. The molecule has 0 amide bonds. The largest absolute Gasteiger partial charge is 0.573 e. The highest BCUT2D eigenvalue weighted by Gasteiger charge is 2.33. The van der Waals surface area contributed by atoms with E-state index in [9.17, 15) is 18.3 Å². The molecule has 0 aromatic heterocycles. The Bertz CT molecular complexity index is 417. The van der Waals surface area contributed by atoms with Crippen LogP contribution in [-0.2, 0) is 0 Å². The number of hydrogen-bond donors (Lipinski definition) is 2. The molecule has 0 radical (unpaired) electrons. The summed E-state index contributed by atoms with van der Waals surface area (Å²) in [4.78, 5) is 0. The quantitative estimate of drug-likeness (QED) is 0.859. The minimum atomic E-state index is -4.79. The number of hydrogen-bond acceptors (Lipinski definition) is 3. The Labute approximate surface area is 123 Å². The Balaban J connectivity index is 0.00000324. The van der Waals surface area contributed by atoms with Crippen molar-refractivity contribution in [3.8, 4) is 5.75 Å². The predicted octanol–water partition coefficient (Wildman–Crippen LogP) is 3.54. The first-order valence-electron chi connectivity index (χ1n) is 5.23. The highest BCUT2D eigenvalue weighted by molar-refractivity contribution is 9.10. The topological polar surface area (TPSA) is 55.5 Å². The average molecular weight is 365 g/mol. The Kier molecular flexibility index (Phi) is 7.13. The third-order valence-electron chi connectivity index (χ3n) is 2.39. The van der Waals surface area contributed by atoms with E-state index in [2.05, 4.69) is 20.7 Å². The molecule has 0 aliphatic heterocycles. The van der Waals surface area contributed by atoms with Crippen molar-refractivity contribution in [3.63, 3.8) is 0 Å². The summed E-state index contributed by atoms with van der Waals surface area (Å²) < 4.78 is 41.1. The van der Waals surface area contributed by atoms with E-state index in [1.807, 2.05) is 0 Å². The molecule has 0 saturated heterocycles. The molecule has 1 rings (SSSR count). The molecule has 0 unspecified atom stereocenters. The molecule has 1 aromatic carbocycles. The minimum Gasteiger partial charge on any atom is -0.405 e. The summed E-state index contributed by atoms with van der Waals surface area (Å²) in [6.45, 7) is 1.69. The first-order chi connectivity index (χ1) is 8.24. The smallest absolute Gasteiger partial charge is 0.405 e. The van der Waals surface area contributed by atoms with Gasteiger partial charge in [0.15, 0.2) is 0 Å². The summed E-state index contributed by atoms with van der Waals surface area (Å²) in [6, 6.07) is 3.04. The van der Waals surface area contributed by atoms with Crippen LogP contribution in [0.3, 0.4) is 0 Å². The van der Waals surface area contributed by atoms with E-state index in [0.29, 0.717) is 10.9 Å². The van der Waals surface area contributed by atoms with Crippen LogP contribution in [0, 0.1) is 0 Å². The van der Waals surface area contributed by atoms with E-state index in [4.69, 9.17) is 5.73 Å². The number of aliphatic hydroxyl groups excluding tert-OH is 1. The third-order valence-corrected chi connectivity index (χ3v) is 2.88. The van der Waals surface area contributed by atoms with Crippen molar-refractivity contribution in [2.24, 2.45) is 5.73 Å². The number of halogens is 5. The third kappa shape index (κ3) is 5.56. The van der Waals surface area contributed by atoms with Crippen LogP contribution < -0.4 is 10.5 Å². The molecule has 3 N–H and O–H groups in total. The average Bonchev–Trinajstić information content (AvgIpc) is 2.27. The van der Waals surface area contributed by atoms with Crippen molar-refractivity contribution in [1.82, 2.24) is 0 Å². The van der Waals surface area contributed by atoms with Crippen LogP contribution in [0.5, 0.6) is 5.75 Å². The second kappa shape index (κ2) is 7.33. The molecular formula is C11H14BrClF3NO2. The number of aliphatic hydroxyl groups is 1. The van der Waals surface area contributed by atoms with Crippen molar-refractivity contribution in [1.29, 1.82) is 0 Å². The number of nitrogens with two attached hydrogens (primary N) is 1. The molecule has 0 aliphatic carbocycles. The van der Waals surface area contributed by atoms with Crippen LogP contribution >= 0.6 is 28.3 Å². The molecule has 0 aliphatic rings. The summed E-state index contributed by atoms with van der Waals surface area (Å²) >= 11 is 3.14. The van der Waals surface area contributed by atoms with Gasteiger partial charge in [-0.25, -0.2) is 0 Å². The van der Waals surface area contributed by atoms with Gasteiger partial charge in [-0.1, -0.05) is 22.9 Å². The molecule has 110 valence electrons. The van der Waals surface area contributed by atoms with Gasteiger partial charge in [-0.2, -0.15) is 0 Å². The van der Waals surface area contributed by atoms with Crippen LogP contribution in [0.25, 0.3) is 0 Å². The lowest BCUT2D eigenvalue weighted by atomic mass is 10.00. The van der Waals surface area contributed by atoms with Gasteiger partial charge in [0.2, 0.25) is 0 Å². The molecule has 0 fully saturated rings. The first kappa shape index (κ1) is 18.5. The SMILES string of the molecule is CC[C@H](O)[C@H](N)c1cc(Br)ccc1OC(F)(F)F.Cl. The monoisotopic (exact) mass is 363 g/mol. The molecule has 0 bridgehead atoms. The fourth-order valence-corrected chi connectivity index (χ4v) is 1.84. The van der Waals surface area contributed by atoms with Gasteiger partial charge in [0.1, 0.15) is 5.75 Å². The van der Waals surface area contributed by atoms with E-state index in [0.717, 1.165) is 6.07 Å². The van der Waals surface area contributed by atoms with Crippen LogP contribution in [0.4, 0.5) is 13.2 Å². The maximum absolute atomic E-state index is 12.2. The lowest BCUT2D eigenvalue weighted by molar-refractivity contribution is -0.275. The van der Waals surface area contributed by atoms with Gasteiger partial charge in [0, 0.05) is 10.0 Å². The number of ether oxygens (including phenoxy) is 1. The number of alkyl halides is 3. The van der Waals surface area contributed by atoms with Gasteiger partial charge in [0.05, 0.1) is 12.1 Å². The van der Waals surface area contributed by atoms with Gasteiger partial charge in [-0.05, 0) is 24.6 Å². The Morgan fingerprint density at radius 3 is 2.47 bits per heavy atom. The van der Waals surface area contributed by atoms with Crippen molar-refractivity contribution in [3.05, 3.63) is 28.2 Å². The second-order valence-electron chi connectivity index (χ2n) is 3.73. The van der Waals surface area contributed by atoms with Crippen LogP contribution in [0.2, 0.25) is 0 Å². The lowest BCUT2D eigenvalue weighted by Gasteiger charge is -2.21. The summed E-state index contributed by atoms with van der Waals surface area (Å²) in [5.41, 5.74) is 5.83. The lowest BCUT2D eigenvalue weighted by Crippen LogP contribution is -2.27. The normalized spacial score (nSPS) is 14.5. The van der Waals surface area contributed by atoms with E-state index in [-0.39, 0.29) is 18.0 Å². The van der Waals surface area contributed by atoms with E-state index in [1.54, 1.807) is 6.92 Å². The van der Waals surface area contributed by atoms with Crippen molar-refractivity contribution in [2.45, 2.75) is 31.9 Å². The van der Waals surface area contributed by atoms with Crippen molar-refractivity contribution >= 4 is 28.3 Å². The molecular weight excluding hydrogens is 350 g/mol. The maximum atomic E-state index is 12.2. The highest BCUT2D eigenvalue weighted by atomic mass is 79.9. The van der Waals surface area contributed by atoms with E-state index in [1.165, 1.54) is 12.1 Å². The minimum absolute atomic E-state index is 0. The van der Waals surface area contributed by atoms with Crippen LogP contribution in [-0.4, -0.2) is 17.6 Å². The molecule has 1 aromatic rings.